The molecule has 1 aliphatic rings. The quantitative estimate of drug-likeness (QED) is 0.553. The first-order valence-corrected chi connectivity index (χ1v) is 3.62. The van der Waals surface area contributed by atoms with Crippen molar-refractivity contribution in [2.75, 3.05) is 0 Å². The van der Waals surface area contributed by atoms with Gasteiger partial charge in [-0.1, -0.05) is 11.6 Å². The number of carbonyl (C=O) groups excluding carboxylic acids is 2. The first-order chi connectivity index (χ1) is 5.43. The standard InChI is InChI=1S/C7H7ClO4/c1-7(3-5(9)10)2-4(8)6(11)12-7/h2H,3H2,1H3,(H,9,10)/p-1. The van der Waals surface area contributed by atoms with Crippen LogP contribution in [0.4, 0.5) is 0 Å². The molecule has 0 amide bonds. The van der Waals surface area contributed by atoms with Crippen LogP contribution in [0.5, 0.6) is 0 Å². The van der Waals surface area contributed by atoms with E-state index in [2.05, 4.69) is 4.74 Å². The molecule has 1 atom stereocenters. The van der Waals surface area contributed by atoms with E-state index in [1.807, 2.05) is 0 Å². The second-order valence-corrected chi connectivity index (χ2v) is 3.15. The Morgan fingerprint density at radius 1 is 1.83 bits per heavy atom. The van der Waals surface area contributed by atoms with Gasteiger partial charge < -0.3 is 14.6 Å². The fourth-order valence-corrected chi connectivity index (χ4v) is 1.26. The second kappa shape index (κ2) is 2.79. The molecule has 0 aromatic heterocycles. The van der Waals surface area contributed by atoms with Gasteiger partial charge in [0.2, 0.25) is 0 Å². The zero-order chi connectivity index (χ0) is 9.35. The molecule has 1 unspecified atom stereocenters. The smallest absolute Gasteiger partial charge is 0.350 e. The lowest BCUT2D eigenvalue weighted by atomic mass is 10.0. The van der Waals surface area contributed by atoms with E-state index in [0.29, 0.717) is 0 Å². The maximum Gasteiger partial charge on any atom is 0.350 e. The molecule has 0 bridgehead atoms. The van der Waals surface area contributed by atoms with Crippen LogP contribution in [-0.4, -0.2) is 17.5 Å². The molecule has 0 aromatic rings. The van der Waals surface area contributed by atoms with E-state index in [9.17, 15) is 14.7 Å². The summed E-state index contributed by atoms with van der Waals surface area (Å²) in [5, 5.41) is 10.1. The Kier molecular flexibility index (Phi) is 2.10. The number of hydrogen-bond donors (Lipinski definition) is 0. The third-order valence-corrected chi connectivity index (χ3v) is 1.71. The monoisotopic (exact) mass is 189 g/mol. The molecular weight excluding hydrogens is 184 g/mol. The fraction of sp³-hybridized carbons (Fsp3) is 0.429. The highest BCUT2D eigenvalue weighted by atomic mass is 35.5. The molecule has 4 nitrogen and oxygen atoms in total. The summed E-state index contributed by atoms with van der Waals surface area (Å²) in [7, 11) is 0. The first-order valence-electron chi connectivity index (χ1n) is 3.24. The molecule has 0 aliphatic carbocycles. The predicted octanol–water partition coefficient (Wildman–Crippen LogP) is -0.435. The highest BCUT2D eigenvalue weighted by molar-refractivity contribution is 6.41. The molecular formula is C7H6ClO4-. The largest absolute Gasteiger partial charge is 0.550 e. The van der Waals surface area contributed by atoms with E-state index in [4.69, 9.17) is 11.6 Å². The van der Waals surface area contributed by atoms with Gasteiger partial charge in [-0.15, -0.1) is 0 Å². The highest BCUT2D eigenvalue weighted by Crippen LogP contribution is 2.28. The van der Waals surface area contributed by atoms with E-state index in [1.54, 1.807) is 0 Å². The number of carboxylic acids is 1. The lowest BCUT2D eigenvalue weighted by molar-refractivity contribution is -0.308. The van der Waals surface area contributed by atoms with Crippen LogP contribution in [-0.2, 0) is 14.3 Å². The van der Waals surface area contributed by atoms with Crippen molar-refractivity contribution < 1.29 is 19.4 Å². The number of carbonyl (C=O) groups is 2. The van der Waals surface area contributed by atoms with Gasteiger partial charge >= 0.3 is 5.97 Å². The van der Waals surface area contributed by atoms with Crippen molar-refractivity contribution in [2.24, 2.45) is 0 Å². The maximum absolute atomic E-state index is 10.7. The lowest BCUT2D eigenvalue weighted by Gasteiger charge is -2.20. The number of esters is 1. The van der Waals surface area contributed by atoms with Crippen molar-refractivity contribution in [3.8, 4) is 0 Å². The second-order valence-electron chi connectivity index (χ2n) is 2.74. The van der Waals surface area contributed by atoms with Gasteiger partial charge in [0.05, 0.1) is 0 Å². The Morgan fingerprint density at radius 2 is 2.42 bits per heavy atom. The molecule has 1 heterocycles. The summed E-state index contributed by atoms with van der Waals surface area (Å²) in [4.78, 5) is 20.9. The van der Waals surface area contributed by atoms with Crippen LogP contribution in [0.3, 0.4) is 0 Å². The molecule has 0 N–H and O–H groups in total. The minimum absolute atomic E-state index is 0.0845. The van der Waals surface area contributed by atoms with Crippen LogP contribution in [0, 0.1) is 0 Å². The average Bonchev–Trinajstić information content (AvgIpc) is 2.04. The molecule has 12 heavy (non-hydrogen) atoms. The van der Waals surface area contributed by atoms with Gasteiger partial charge in [-0.3, -0.25) is 0 Å². The number of rotatable bonds is 2. The minimum Gasteiger partial charge on any atom is -0.550 e. The Hall–Kier alpha value is -1.03. The maximum atomic E-state index is 10.7. The highest BCUT2D eigenvalue weighted by Gasteiger charge is 2.35. The van der Waals surface area contributed by atoms with Crippen LogP contribution >= 0.6 is 11.6 Å². The minimum atomic E-state index is -1.28. The van der Waals surface area contributed by atoms with Gasteiger partial charge in [-0.25, -0.2) is 4.79 Å². The van der Waals surface area contributed by atoms with Crippen molar-refractivity contribution in [1.82, 2.24) is 0 Å². The molecule has 0 aromatic carbocycles. The molecule has 5 heteroatoms. The van der Waals surface area contributed by atoms with Gasteiger partial charge in [0.15, 0.2) is 0 Å². The van der Waals surface area contributed by atoms with E-state index >= 15 is 0 Å². The van der Waals surface area contributed by atoms with Crippen LogP contribution in [0.1, 0.15) is 13.3 Å². The van der Waals surface area contributed by atoms with Gasteiger partial charge in [-0.05, 0) is 13.0 Å². The van der Waals surface area contributed by atoms with Gasteiger partial charge in [0.1, 0.15) is 10.6 Å². The number of carboxylic acid groups (broad SMARTS) is 1. The Labute approximate surface area is 73.8 Å². The molecule has 66 valence electrons. The summed E-state index contributed by atoms with van der Waals surface area (Å²) >= 11 is 5.40. The summed E-state index contributed by atoms with van der Waals surface area (Å²) in [5.41, 5.74) is -1.15. The fourth-order valence-electron chi connectivity index (χ4n) is 0.991. The number of cyclic esters (lactones) is 1. The molecule has 1 rings (SSSR count). The summed E-state index contributed by atoms with van der Waals surface area (Å²) in [6, 6.07) is 0. The van der Waals surface area contributed by atoms with Crippen molar-refractivity contribution in [1.29, 1.82) is 0 Å². The van der Waals surface area contributed by atoms with Gasteiger partial charge in [0, 0.05) is 12.4 Å². The Bertz CT molecular complexity index is 271. The molecule has 0 saturated heterocycles. The van der Waals surface area contributed by atoms with Crippen molar-refractivity contribution in [2.45, 2.75) is 18.9 Å². The number of aliphatic carboxylic acids is 1. The van der Waals surface area contributed by atoms with Crippen molar-refractivity contribution in [3.05, 3.63) is 11.1 Å². The SMILES string of the molecule is CC1(CC(=O)[O-])C=C(Cl)C(=O)O1. The van der Waals surface area contributed by atoms with E-state index < -0.39 is 17.5 Å². The topological polar surface area (TPSA) is 66.4 Å². The zero-order valence-electron chi connectivity index (χ0n) is 6.30. The van der Waals surface area contributed by atoms with Crippen LogP contribution in [0.25, 0.3) is 0 Å². The van der Waals surface area contributed by atoms with Gasteiger partial charge in [-0.2, -0.15) is 0 Å². The Balaban J connectivity index is 2.77. The first kappa shape index (κ1) is 9.06. The summed E-state index contributed by atoms with van der Waals surface area (Å²) in [5.74, 6) is -1.98. The van der Waals surface area contributed by atoms with E-state index in [-0.39, 0.29) is 11.5 Å². The summed E-state index contributed by atoms with van der Waals surface area (Å²) in [6.07, 6.45) is 0.891. The van der Waals surface area contributed by atoms with Crippen molar-refractivity contribution >= 4 is 23.5 Å². The van der Waals surface area contributed by atoms with E-state index in [0.717, 1.165) is 0 Å². The molecule has 0 fully saturated rings. The van der Waals surface area contributed by atoms with Crippen LogP contribution in [0.15, 0.2) is 11.1 Å². The van der Waals surface area contributed by atoms with Crippen molar-refractivity contribution in [3.63, 3.8) is 0 Å². The van der Waals surface area contributed by atoms with Crippen LogP contribution < -0.4 is 5.11 Å². The number of hydrogen-bond acceptors (Lipinski definition) is 4. The number of halogens is 1. The Morgan fingerprint density at radius 3 is 2.75 bits per heavy atom. The molecule has 0 radical (unpaired) electrons. The van der Waals surface area contributed by atoms with Crippen LogP contribution in [0.2, 0.25) is 0 Å². The summed E-state index contributed by atoms with van der Waals surface area (Å²) in [6.45, 7) is 1.45. The molecule has 0 spiro atoms. The third-order valence-electron chi connectivity index (χ3n) is 1.45. The predicted molar refractivity (Wildman–Crippen MR) is 38.1 cm³/mol. The normalized spacial score (nSPS) is 28.2. The average molecular weight is 190 g/mol. The summed E-state index contributed by atoms with van der Waals surface area (Å²) < 4.78 is 4.69. The number of ether oxygens (including phenoxy) is 1. The van der Waals surface area contributed by atoms with Gasteiger partial charge in [0.25, 0.3) is 0 Å². The molecule has 1 aliphatic heterocycles. The lowest BCUT2D eigenvalue weighted by Crippen LogP contribution is -2.34. The third kappa shape index (κ3) is 1.76. The zero-order valence-corrected chi connectivity index (χ0v) is 7.05. The molecule has 0 saturated carbocycles. The van der Waals surface area contributed by atoms with E-state index in [1.165, 1.54) is 13.0 Å².